The Morgan fingerprint density at radius 1 is 1.43 bits per heavy atom. The summed E-state index contributed by atoms with van der Waals surface area (Å²) < 4.78 is 34.6. The topological polar surface area (TPSA) is 33.7 Å². The highest BCUT2D eigenvalue weighted by Crippen LogP contribution is 2.27. The Morgan fingerprint density at radius 2 is 2.19 bits per heavy atom. The van der Waals surface area contributed by atoms with Crippen LogP contribution in [-0.4, -0.2) is 44.3 Å². The minimum atomic E-state index is -2.82. The molecule has 1 N–H and O–H groups in total. The van der Waals surface area contributed by atoms with Crippen LogP contribution in [0.4, 0.5) is 8.78 Å². The molecular weight excluding hydrogens is 302 g/mol. The lowest BCUT2D eigenvalue weighted by Crippen LogP contribution is -2.48. The van der Waals surface area contributed by atoms with Gasteiger partial charge in [0.2, 0.25) is 0 Å². The Hall–Kier alpha value is -1.11. The third kappa shape index (κ3) is 5.30. The zero-order valence-corrected chi connectivity index (χ0v) is 13.0. The van der Waals surface area contributed by atoms with E-state index in [4.69, 9.17) is 4.74 Å². The molecule has 0 spiro atoms. The highest BCUT2D eigenvalue weighted by atomic mass is 35.5. The Labute approximate surface area is 129 Å². The quantitative estimate of drug-likeness (QED) is 0.903. The first-order chi connectivity index (χ1) is 9.58. The molecule has 1 aliphatic heterocycles. The highest BCUT2D eigenvalue weighted by Gasteiger charge is 2.18. The van der Waals surface area contributed by atoms with Crippen LogP contribution in [-0.2, 0) is 6.54 Å². The van der Waals surface area contributed by atoms with Gasteiger partial charge in [-0.15, -0.1) is 12.4 Å². The van der Waals surface area contributed by atoms with Crippen LogP contribution < -0.4 is 14.8 Å². The molecule has 21 heavy (non-hydrogen) atoms. The fourth-order valence-electron chi connectivity index (χ4n) is 2.41. The van der Waals surface area contributed by atoms with Gasteiger partial charge in [0, 0.05) is 37.8 Å². The van der Waals surface area contributed by atoms with Crippen LogP contribution in [0.2, 0.25) is 0 Å². The number of hydrogen-bond donors (Lipinski definition) is 1. The maximum absolute atomic E-state index is 12.4. The van der Waals surface area contributed by atoms with Crippen molar-refractivity contribution in [2.24, 2.45) is 0 Å². The molecule has 1 aromatic carbocycles. The van der Waals surface area contributed by atoms with E-state index in [9.17, 15) is 8.78 Å². The molecule has 1 heterocycles. The summed E-state index contributed by atoms with van der Waals surface area (Å²) in [7, 11) is 1.56. The van der Waals surface area contributed by atoms with E-state index in [1.54, 1.807) is 19.2 Å². The first-order valence-electron chi connectivity index (χ1n) is 6.66. The second kappa shape index (κ2) is 8.36. The third-order valence-electron chi connectivity index (χ3n) is 3.33. The number of ether oxygens (including phenoxy) is 2. The number of nitrogens with zero attached hydrogens (tertiary/aromatic N) is 1. The van der Waals surface area contributed by atoms with E-state index in [2.05, 4.69) is 21.9 Å². The van der Waals surface area contributed by atoms with E-state index < -0.39 is 6.61 Å². The summed E-state index contributed by atoms with van der Waals surface area (Å²) in [5.41, 5.74) is 0.721. The zero-order chi connectivity index (χ0) is 14.5. The van der Waals surface area contributed by atoms with Crippen molar-refractivity contribution in [3.8, 4) is 11.5 Å². The summed E-state index contributed by atoms with van der Waals surface area (Å²) in [6.45, 7) is 2.53. The van der Waals surface area contributed by atoms with E-state index in [-0.39, 0.29) is 18.2 Å². The lowest BCUT2D eigenvalue weighted by atomic mass is 10.1. The molecule has 0 amide bonds. The van der Waals surface area contributed by atoms with Crippen molar-refractivity contribution in [2.45, 2.75) is 26.1 Å². The van der Waals surface area contributed by atoms with Gasteiger partial charge in [0.05, 0.1) is 7.11 Å². The number of nitrogens with one attached hydrogen (secondary N) is 1. The first kappa shape index (κ1) is 17.9. The average Bonchev–Trinajstić information content (AvgIpc) is 2.40. The summed E-state index contributed by atoms with van der Waals surface area (Å²) in [6.07, 6.45) is 0. The van der Waals surface area contributed by atoms with Crippen LogP contribution in [0.25, 0.3) is 0 Å². The third-order valence-corrected chi connectivity index (χ3v) is 3.33. The summed E-state index contributed by atoms with van der Waals surface area (Å²) in [4.78, 5) is 2.22. The average molecular weight is 323 g/mol. The van der Waals surface area contributed by atoms with Gasteiger partial charge in [-0.2, -0.15) is 8.78 Å². The second-order valence-electron chi connectivity index (χ2n) is 4.94. The Kier molecular flexibility index (Phi) is 7.14. The van der Waals surface area contributed by atoms with Crippen molar-refractivity contribution in [3.63, 3.8) is 0 Å². The molecule has 1 saturated heterocycles. The van der Waals surface area contributed by atoms with Gasteiger partial charge in [0.25, 0.3) is 0 Å². The minimum Gasteiger partial charge on any atom is -0.497 e. The number of rotatable bonds is 5. The summed E-state index contributed by atoms with van der Waals surface area (Å²) in [5, 5.41) is 3.35. The summed E-state index contributed by atoms with van der Waals surface area (Å²) in [5.74, 6) is 0.858. The van der Waals surface area contributed by atoms with E-state index in [0.29, 0.717) is 18.3 Å². The normalized spacial score (nSPS) is 19.2. The molecule has 120 valence electrons. The lowest BCUT2D eigenvalue weighted by molar-refractivity contribution is -0.0508. The maximum atomic E-state index is 12.4. The SMILES string of the molecule is COc1ccc(OC(F)F)c(CN2CCN[C@H](C)C2)c1.Cl. The number of methoxy groups -OCH3 is 1. The largest absolute Gasteiger partial charge is 0.497 e. The van der Waals surface area contributed by atoms with Gasteiger partial charge in [-0.05, 0) is 25.1 Å². The predicted molar refractivity (Wildman–Crippen MR) is 79.6 cm³/mol. The smallest absolute Gasteiger partial charge is 0.387 e. The van der Waals surface area contributed by atoms with E-state index in [1.165, 1.54) is 6.07 Å². The summed E-state index contributed by atoms with van der Waals surface area (Å²) in [6, 6.07) is 5.31. The number of piperazine rings is 1. The predicted octanol–water partition coefficient (Wildman–Crippen LogP) is 2.51. The van der Waals surface area contributed by atoms with Gasteiger partial charge >= 0.3 is 6.61 Å². The Morgan fingerprint density at radius 3 is 2.81 bits per heavy atom. The van der Waals surface area contributed by atoms with Crippen LogP contribution in [0.3, 0.4) is 0 Å². The Balaban J connectivity index is 0.00000220. The van der Waals surface area contributed by atoms with Crippen molar-refractivity contribution in [1.82, 2.24) is 10.2 Å². The molecule has 1 fully saturated rings. The van der Waals surface area contributed by atoms with Crippen LogP contribution in [0.5, 0.6) is 11.5 Å². The lowest BCUT2D eigenvalue weighted by Gasteiger charge is -2.32. The van der Waals surface area contributed by atoms with E-state index in [1.807, 2.05) is 0 Å². The molecule has 0 aliphatic carbocycles. The molecule has 4 nitrogen and oxygen atoms in total. The molecule has 1 aromatic rings. The second-order valence-corrected chi connectivity index (χ2v) is 4.94. The first-order valence-corrected chi connectivity index (χ1v) is 6.66. The van der Waals surface area contributed by atoms with E-state index in [0.717, 1.165) is 25.2 Å². The molecule has 0 radical (unpaired) electrons. The van der Waals surface area contributed by atoms with Crippen LogP contribution in [0, 0.1) is 0 Å². The highest BCUT2D eigenvalue weighted by molar-refractivity contribution is 5.85. The number of alkyl halides is 2. The molecule has 7 heteroatoms. The van der Waals surface area contributed by atoms with Crippen molar-refractivity contribution >= 4 is 12.4 Å². The number of hydrogen-bond acceptors (Lipinski definition) is 4. The molecule has 0 unspecified atom stereocenters. The standard InChI is InChI=1S/C14H20F2N2O2.ClH/c1-10-8-18(6-5-17-10)9-11-7-12(19-2)3-4-13(11)20-14(15)16;/h3-4,7,10,14,17H,5-6,8-9H2,1-2H3;1H/t10-;/m1./s1. The molecule has 0 bridgehead atoms. The monoisotopic (exact) mass is 322 g/mol. The minimum absolute atomic E-state index is 0. The molecular formula is C14H21ClF2N2O2. The van der Waals surface area contributed by atoms with Gasteiger partial charge in [-0.1, -0.05) is 0 Å². The van der Waals surface area contributed by atoms with Crippen LogP contribution in [0.15, 0.2) is 18.2 Å². The molecule has 0 aromatic heterocycles. The van der Waals surface area contributed by atoms with Gasteiger partial charge in [-0.3, -0.25) is 4.90 Å². The molecule has 2 rings (SSSR count). The summed E-state index contributed by atoms with van der Waals surface area (Å²) >= 11 is 0. The fourth-order valence-corrected chi connectivity index (χ4v) is 2.41. The Bertz CT molecular complexity index is 449. The number of halogens is 3. The van der Waals surface area contributed by atoms with Gasteiger partial charge < -0.3 is 14.8 Å². The maximum Gasteiger partial charge on any atom is 0.387 e. The van der Waals surface area contributed by atoms with Crippen molar-refractivity contribution < 1.29 is 18.3 Å². The zero-order valence-electron chi connectivity index (χ0n) is 12.1. The molecule has 1 aliphatic rings. The molecule has 0 saturated carbocycles. The van der Waals surface area contributed by atoms with Gasteiger partial charge in [0.15, 0.2) is 0 Å². The van der Waals surface area contributed by atoms with Gasteiger partial charge in [0.1, 0.15) is 11.5 Å². The van der Waals surface area contributed by atoms with Crippen LogP contribution in [0.1, 0.15) is 12.5 Å². The van der Waals surface area contributed by atoms with Crippen LogP contribution >= 0.6 is 12.4 Å². The molecule has 1 atom stereocenters. The van der Waals surface area contributed by atoms with Crippen molar-refractivity contribution in [3.05, 3.63) is 23.8 Å². The number of benzene rings is 1. The van der Waals surface area contributed by atoms with Crippen molar-refractivity contribution in [2.75, 3.05) is 26.7 Å². The van der Waals surface area contributed by atoms with Gasteiger partial charge in [-0.25, -0.2) is 0 Å². The van der Waals surface area contributed by atoms with E-state index >= 15 is 0 Å². The fraction of sp³-hybridized carbons (Fsp3) is 0.571. The van der Waals surface area contributed by atoms with Crippen molar-refractivity contribution in [1.29, 1.82) is 0 Å².